The Hall–Kier alpha value is -3.68. The molecule has 0 unspecified atom stereocenters. The van der Waals surface area contributed by atoms with Crippen LogP contribution < -0.4 is 16.2 Å². The van der Waals surface area contributed by atoms with Gasteiger partial charge in [0.2, 0.25) is 17.7 Å². The molecule has 2 aromatic rings. The molecule has 0 atom stereocenters. The molecule has 0 fully saturated rings. The molecule has 2 aromatic carbocycles. The number of aryl methyl sites for hydroxylation is 3. The predicted molar refractivity (Wildman–Crippen MR) is 130 cm³/mol. The number of hydrogen-bond acceptors (Lipinski definition) is 5. The minimum atomic E-state index is -0.470. The first kappa shape index (κ1) is 26.6. The van der Waals surface area contributed by atoms with Gasteiger partial charge in [-0.1, -0.05) is 48.0 Å². The van der Waals surface area contributed by atoms with Gasteiger partial charge in [-0.15, -0.1) is 0 Å². The van der Waals surface area contributed by atoms with Gasteiger partial charge in [-0.25, -0.2) is 0 Å². The Balaban J connectivity index is 1.50. The summed E-state index contributed by atoms with van der Waals surface area (Å²) in [6, 6.07) is 15.6. The molecular weight excluding hydrogens is 434 g/mol. The van der Waals surface area contributed by atoms with E-state index in [1.807, 2.05) is 62.4 Å². The molecule has 0 aromatic heterocycles. The summed E-state index contributed by atoms with van der Waals surface area (Å²) >= 11 is 0. The summed E-state index contributed by atoms with van der Waals surface area (Å²) in [6.45, 7) is 4.21. The van der Waals surface area contributed by atoms with Crippen LogP contribution in [0.3, 0.4) is 0 Å². The number of carbonyl (C=O) groups is 4. The van der Waals surface area contributed by atoms with E-state index in [0.29, 0.717) is 18.7 Å². The molecule has 0 radical (unpaired) electrons. The molecule has 0 spiro atoms. The highest BCUT2D eigenvalue weighted by Crippen LogP contribution is 2.16. The van der Waals surface area contributed by atoms with Gasteiger partial charge in [0.05, 0.1) is 6.61 Å². The fraction of sp³-hybridized carbons (Fsp3) is 0.385. The summed E-state index contributed by atoms with van der Waals surface area (Å²) < 4.78 is 5.18. The Kier molecular flexibility index (Phi) is 11.3. The molecule has 3 N–H and O–H groups in total. The highest BCUT2D eigenvalue weighted by molar-refractivity contribution is 5.94. The number of nitrogens with one attached hydrogen (secondary N) is 3. The van der Waals surface area contributed by atoms with E-state index in [4.69, 9.17) is 4.74 Å². The molecule has 3 amide bonds. The number of rotatable bonds is 12. The second-order valence-electron chi connectivity index (χ2n) is 8.13. The Labute approximate surface area is 200 Å². The Morgan fingerprint density at radius 1 is 0.765 bits per heavy atom. The first-order valence-electron chi connectivity index (χ1n) is 11.5. The third-order valence-corrected chi connectivity index (χ3v) is 5.08. The third-order valence-electron chi connectivity index (χ3n) is 5.08. The van der Waals surface area contributed by atoms with Gasteiger partial charge < -0.3 is 10.1 Å². The second kappa shape index (κ2) is 14.5. The molecule has 0 saturated heterocycles. The second-order valence-corrected chi connectivity index (χ2v) is 8.13. The van der Waals surface area contributed by atoms with Gasteiger partial charge in [-0.3, -0.25) is 30.0 Å². The van der Waals surface area contributed by atoms with Gasteiger partial charge >= 0.3 is 5.97 Å². The van der Waals surface area contributed by atoms with Crippen LogP contribution >= 0.6 is 0 Å². The highest BCUT2D eigenvalue weighted by Gasteiger charge is 2.11. The normalized spacial score (nSPS) is 10.3. The summed E-state index contributed by atoms with van der Waals surface area (Å²) in [5.41, 5.74) is 8.52. The minimum Gasteiger partial charge on any atom is -0.466 e. The van der Waals surface area contributed by atoms with Crippen molar-refractivity contribution in [2.24, 2.45) is 0 Å². The summed E-state index contributed by atoms with van der Waals surface area (Å²) in [4.78, 5) is 47.5. The van der Waals surface area contributed by atoms with Crippen LogP contribution in [0.1, 0.15) is 55.2 Å². The first-order chi connectivity index (χ1) is 16.3. The van der Waals surface area contributed by atoms with Crippen molar-refractivity contribution in [3.63, 3.8) is 0 Å². The lowest BCUT2D eigenvalue weighted by atomic mass is 10.1. The fourth-order valence-electron chi connectivity index (χ4n) is 3.23. The topological polar surface area (TPSA) is 114 Å². The van der Waals surface area contributed by atoms with Crippen molar-refractivity contribution >= 4 is 29.4 Å². The minimum absolute atomic E-state index is 0.00880. The van der Waals surface area contributed by atoms with Crippen LogP contribution in [-0.4, -0.2) is 30.3 Å². The van der Waals surface area contributed by atoms with Crippen molar-refractivity contribution in [1.29, 1.82) is 0 Å². The smallest absolute Gasteiger partial charge is 0.305 e. The van der Waals surface area contributed by atoms with Gasteiger partial charge in [0.15, 0.2) is 0 Å². The van der Waals surface area contributed by atoms with Crippen LogP contribution in [0.15, 0.2) is 48.5 Å². The Morgan fingerprint density at radius 3 is 2.15 bits per heavy atom. The van der Waals surface area contributed by atoms with Crippen molar-refractivity contribution < 1.29 is 23.9 Å². The number of ether oxygens (including phenoxy) is 1. The van der Waals surface area contributed by atoms with E-state index in [0.717, 1.165) is 24.0 Å². The number of hydrazine groups is 1. The van der Waals surface area contributed by atoms with Gasteiger partial charge in [0.25, 0.3) is 0 Å². The molecule has 0 aliphatic heterocycles. The SMILES string of the molecule is Cc1ccc(NC(=O)CCC(=O)NNC(=O)CCCC(=O)OCCCc2ccccc2)c(C)c1. The van der Waals surface area contributed by atoms with Crippen molar-refractivity contribution in [2.45, 2.75) is 58.8 Å². The predicted octanol–water partition coefficient (Wildman–Crippen LogP) is 3.52. The maximum absolute atomic E-state index is 12.0. The number of amides is 3. The summed E-state index contributed by atoms with van der Waals surface area (Å²) in [6.07, 6.45) is 2.03. The lowest BCUT2D eigenvalue weighted by molar-refractivity contribution is -0.144. The molecule has 8 nitrogen and oxygen atoms in total. The summed E-state index contributed by atoms with van der Waals surface area (Å²) in [5, 5.41) is 2.77. The van der Waals surface area contributed by atoms with Gasteiger partial charge in [-0.2, -0.15) is 0 Å². The van der Waals surface area contributed by atoms with Crippen molar-refractivity contribution in [3.05, 3.63) is 65.2 Å². The van der Waals surface area contributed by atoms with E-state index in [1.54, 1.807) is 0 Å². The van der Waals surface area contributed by atoms with E-state index in [-0.39, 0.29) is 37.6 Å². The third kappa shape index (κ3) is 10.8. The summed E-state index contributed by atoms with van der Waals surface area (Å²) in [7, 11) is 0. The summed E-state index contributed by atoms with van der Waals surface area (Å²) in [5.74, 6) is -1.51. The van der Waals surface area contributed by atoms with Crippen molar-refractivity contribution in [1.82, 2.24) is 10.9 Å². The van der Waals surface area contributed by atoms with Crippen LogP contribution in [0.4, 0.5) is 5.69 Å². The van der Waals surface area contributed by atoms with E-state index >= 15 is 0 Å². The van der Waals surface area contributed by atoms with Crippen LogP contribution in [-0.2, 0) is 30.3 Å². The standard InChI is InChI=1S/C26H33N3O5/c1-19-13-14-22(20(2)18-19)27-23(30)15-16-25(32)29-28-24(31)11-6-12-26(33)34-17-7-10-21-8-4-3-5-9-21/h3-5,8-9,13-14,18H,6-7,10-12,15-17H2,1-2H3,(H,27,30)(H,28,31)(H,29,32). The highest BCUT2D eigenvalue weighted by atomic mass is 16.5. The fourth-order valence-corrected chi connectivity index (χ4v) is 3.23. The molecule has 8 heteroatoms. The number of anilines is 1. The van der Waals surface area contributed by atoms with Gasteiger partial charge in [-0.05, 0) is 50.3 Å². The zero-order chi connectivity index (χ0) is 24.8. The van der Waals surface area contributed by atoms with Crippen LogP contribution in [0.2, 0.25) is 0 Å². The zero-order valence-corrected chi connectivity index (χ0v) is 19.8. The first-order valence-corrected chi connectivity index (χ1v) is 11.5. The van der Waals surface area contributed by atoms with Crippen LogP contribution in [0.25, 0.3) is 0 Å². The van der Waals surface area contributed by atoms with Crippen LogP contribution in [0.5, 0.6) is 0 Å². The van der Waals surface area contributed by atoms with Gasteiger partial charge in [0.1, 0.15) is 0 Å². The average molecular weight is 468 g/mol. The monoisotopic (exact) mass is 467 g/mol. The number of benzene rings is 2. The number of esters is 1. The van der Waals surface area contributed by atoms with Gasteiger partial charge in [0, 0.05) is 31.4 Å². The van der Waals surface area contributed by atoms with E-state index < -0.39 is 11.8 Å². The molecule has 0 aliphatic carbocycles. The molecule has 2 rings (SSSR count). The maximum atomic E-state index is 12.0. The van der Waals surface area contributed by atoms with Crippen molar-refractivity contribution in [3.8, 4) is 0 Å². The molecule has 182 valence electrons. The van der Waals surface area contributed by atoms with E-state index in [2.05, 4.69) is 16.2 Å². The maximum Gasteiger partial charge on any atom is 0.305 e. The quantitative estimate of drug-likeness (QED) is 0.251. The number of hydrogen-bond donors (Lipinski definition) is 3. The molecule has 0 heterocycles. The zero-order valence-electron chi connectivity index (χ0n) is 19.8. The molecule has 0 aliphatic rings. The number of carbonyl (C=O) groups excluding carboxylic acids is 4. The van der Waals surface area contributed by atoms with E-state index in [9.17, 15) is 19.2 Å². The lowest BCUT2D eigenvalue weighted by Crippen LogP contribution is -2.41. The Morgan fingerprint density at radius 2 is 1.44 bits per heavy atom. The molecule has 0 saturated carbocycles. The Bertz CT molecular complexity index is 976. The average Bonchev–Trinajstić information content (AvgIpc) is 2.81. The largest absolute Gasteiger partial charge is 0.466 e. The van der Waals surface area contributed by atoms with Crippen LogP contribution in [0, 0.1) is 13.8 Å². The lowest BCUT2D eigenvalue weighted by Gasteiger charge is -2.10. The molecule has 0 bridgehead atoms. The molecule has 34 heavy (non-hydrogen) atoms. The molecular formula is C26H33N3O5. The van der Waals surface area contributed by atoms with Crippen molar-refractivity contribution in [2.75, 3.05) is 11.9 Å². The van der Waals surface area contributed by atoms with E-state index in [1.165, 1.54) is 5.56 Å².